The largest absolute Gasteiger partial charge is 0.477 e. The third kappa shape index (κ3) is 1.60. The predicted molar refractivity (Wildman–Crippen MR) is 56.8 cm³/mol. The number of nitrogens with one attached hydrogen (secondary N) is 1. The van der Waals surface area contributed by atoms with Crippen LogP contribution in [0, 0.1) is 0 Å². The van der Waals surface area contributed by atoms with Crippen molar-refractivity contribution in [3.05, 3.63) is 11.3 Å². The van der Waals surface area contributed by atoms with Crippen molar-refractivity contribution in [1.29, 1.82) is 0 Å². The van der Waals surface area contributed by atoms with Crippen LogP contribution in [-0.2, 0) is 19.2 Å². The quantitative estimate of drug-likeness (QED) is 0.471. The van der Waals surface area contributed by atoms with Crippen LogP contribution >= 0.6 is 11.8 Å². The van der Waals surface area contributed by atoms with Gasteiger partial charge in [0.25, 0.3) is 5.91 Å². The van der Waals surface area contributed by atoms with Gasteiger partial charge in [0.2, 0.25) is 6.41 Å². The van der Waals surface area contributed by atoms with E-state index in [0.717, 1.165) is 4.90 Å². The van der Waals surface area contributed by atoms with Crippen LogP contribution in [-0.4, -0.2) is 51.7 Å². The van der Waals surface area contributed by atoms with E-state index in [1.54, 1.807) is 0 Å². The lowest BCUT2D eigenvalue weighted by atomic mass is 10.0. The summed E-state index contributed by atoms with van der Waals surface area (Å²) in [7, 11) is 0. The maximum absolute atomic E-state index is 11.6. The molecule has 17 heavy (non-hydrogen) atoms. The maximum atomic E-state index is 11.6. The highest BCUT2D eigenvalue weighted by Gasteiger charge is 2.53. The molecular formula is C9H8N2O5S. The van der Waals surface area contributed by atoms with Crippen molar-refractivity contribution in [3.8, 4) is 0 Å². The van der Waals surface area contributed by atoms with E-state index >= 15 is 0 Å². The smallest absolute Gasteiger partial charge is 0.353 e. The Morgan fingerprint density at radius 3 is 2.76 bits per heavy atom. The van der Waals surface area contributed by atoms with Gasteiger partial charge in [-0.3, -0.25) is 19.3 Å². The molecule has 2 N–H and O–H groups in total. The van der Waals surface area contributed by atoms with E-state index in [9.17, 15) is 19.2 Å². The number of fused-ring (bicyclic) bond motifs is 1. The molecule has 0 bridgehead atoms. The second-order valence-electron chi connectivity index (χ2n) is 3.47. The molecule has 2 atom stereocenters. The SMILES string of the molecule is O=CNC1C(=O)N2C(C(=O)O)=C(C=O)CS[C@H]12. The molecule has 0 spiro atoms. The number of carboxylic acid groups (broad SMARTS) is 1. The van der Waals surface area contributed by atoms with Gasteiger partial charge in [0.05, 0.1) is 0 Å². The normalized spacial score (nSPS) is 27.1. The molecule has 7 nitrogen and oxygen atoms in total. The minimum atomic E-state index is -1.31. The summed E-state index contributed by atoms with van der Waals surface area (Å²) in [6.07, 6.45) is 0.848. The molecule has 0 aromatic heterocycles. The second-order valence-corrected chi connectivity index (χ2v) is 4.57. The third-order valence-electron chi connectivity index (χ3n) is 2.59. The van der Waals surface area contributed by atoms with E-state index in [0.29, 0.717) is 12.7 Å². The third-order valence-corrected chi connectivity index (χ3v) is 3.89. The number of carboxylic acids is 1. The molecule has 2 amide bonds. The molecule has 0 radical (unpaired) electrons. The summed E-state index contributed by atoms with van der Waals surface area (Å²) in [5, 5.41) is 10.9. The number of amides is 2. The minimum absolute atomic E-state index is 0.0802. The van der Waals surface area contributed by atoms with E-state index in [2.05, 4.69) is 5.32 Å². The van der Waals surface area contributed by atoms with Gasteiger partial charge < -0.3 is 10.4 Å². The van der Waals surface area contributed by atoms with Gasteiger partial charge in [0.15, 0.2) is 0 Å². The van der Waals surface area contributed by atoms with Crippen LogP contribution in [0.2, 0.25) is 0 Å². The van der Waals surface area contributed by atoms with E-state index in [1.165, 1.54) is 11.8 Å². The number of aliphatic carboxylic acids is 1. The lowest BCUT2D eigenvalue weighted by molar-refractivity contribution is -0.149. The fourth-order valence-electron chi connectivity index (χ4n) is 1.83. The lowest BCUT2D eigenvalue weighted by Gasteiger charge is -2.48. The molecule has 2 rings (SSSR count). The van der Waals surface area contributed by atoms with Crippen LogP contribution < -0.4 is 5.32 Å². The zero-order valence-corrected chi connectivity index (χ0v) is 9.27. The van der Waals surface area contributed by atoms with Crippen LogP contribution in [0.15, 0.2) is 11.3 Å². The summed E-state index contributed by atoms with van der Waals surface area (Å²) in [6.45, 7) is 0. The summed E-state index contributed by atoms with van der Waals surface area (Å²) in [6, 6.07) is -0.708. The van der Waals surface area contributed by atoms with Crippen molar-refractivity contribution in [2.45, 2.75) is 11.4 Å². The van der Waals surface area contributed by atoms with Crippen LogP contribution in [0.25, 0.3) is 0 Å². The molecule has 1 unspecified atom stereocenters. The second kappa shape index (κ2) is 4.21. The number of carbonyl (C=O) groups excluding carboxylic acids is 3. The van der Waals surface area contributed by atoms with E-state index in [-0.39, 0.29) is 17.0 Å². The molecule has 2 aliphatic rings. The molecule has 0 aromatic carbocycles. The average Bonchev–Trinajstić information content (AvgIpc) is 2.33. The van der Waals surface area contributed by atoms with Gasteiger partial charge in [-0.25, -0.2) is 4.79 Å². The van der Waals surface area contributed by atoms with Crippen molar-refractivity contribution in [3.63, 3.8) is 0 Å². The van der Waals surface area contributed by atoms with E-state index in [1.807, 2.05) is 0 Å². The Bertz CT molecular complexity index is 447. The highest BCUT2D eigenvalue weighted by molar-refractivity contribution is 8.00. The number of hydrogen-bond acceptors (Lipinski definition) is 5. The Labute approximate surface area is 99.8 Å². The Balaban J connectivity index is 2.32. The molecule has 0 aromatic rings. The molecule has 8 heteroatoms. The van der Waals surface area contributed by atoms with Crippen molar-refractivity contribution in [2.75, 3.05) is 5.75 Å². The Morgan fingerprint density at radius 1 is 1.53 bits per heavy atom. The molecular weight excluding hydrogens is 248 g/mol. The highest BCUT2D eigenvalue weighted by Crippen LogP contribution is 2.39. The summed E-state index contributed by atoms with van der Waals surface area (Å²) in [4.78, 5) is 44.7. The molecule has 2 aliphatic heterocycles. The van der Waals surface area contributed by atoms with Gasteiger partial charge in [-0.1, -0.05) is 0 Å². The number of β-lactam (4-membered cyclic amide) rings is 1. The number of carbonyl (C=O) groups is 4. The van der Waals surface area contributed by atoms with Gasteiger partial charge in [0.1, 0.15) is 23.4 Å². The van der Waals surface area contributed by atoms with Gasteiger partial charge in [-0.15, -0.1) is 11.8 Å². The van der Waals surface area contributed by atoms with Gasteiger partial charge in [0, 0.05) is 11.3 Å². The van der Waals surface area contributed by atoms with Gasteiger partial charge in [-0.05, 0) is 0 Å². The first kappa shape index (κ1) is 11.6. The fourth-order valence-corrected chi connectivity index (χ4v) is 3.13. The van der Waals surface area contributed by atoms with Gasteiger partial charge in [-0.2, -0.15) is 0 Å². The summed E-state index contributed by atoms with van der Waals surface area (Å²) in [5.74, 6) is -1.60. The number of aldehydes is 1. The molecule has 0 saturated carbocycles. The van der Waals surface area contributed by atoms with Crippen molar-refractivity contribution in [1.82, 2.24) is 10.2 Å². The zero-order valence-electron chi connectivity index (χ0n) is 8.45. The average molecular weight is 256 g/mol. The van der Waals surface area contributed by atoms with Crippen molar-refractivity contribution in [2.24, 2.45) is 0 Å². The molecule has 1 fully saturated rings. The highest BCUT2D eigenvalue weighted by atomic mass is 32.2. The Kier molecular flexibility index (Phi) is 2.88. The minimum Gasteiger partial charge on any atom is -0.477 e. The van der Waals surface area contributed by atoms with Crippen molar-refractivity contribution >= 4 is 36.3 Å². The van der Waals surface area contributed by atoms with E-state index in [4.69, 9.17) is 5.11 Å². The topological polar surface area (TPSA) is 104 Å². The fraction of sp³-hybridized carbons (Fsp3) is 0.333. The lowest BCUT2D eigenvalue weighted by Crippen LogP contribution is -2.69. The summed E-state index contributed by atoms with van der Waals surface area (Å²) < 4.78 is 0. The van der Waals surface area contributed by atoms with E-state index < -0.39 is 23.3 Å². The summed E-state index contributed by atoms with van der Waals surface area (Å²) >= 11 is 1.25. The number of nitrogens with zero attached hydrogens (tertiary/aromatic N) is 1. The number of thioether (sulfide) groups is 1. The van der Waals surface area contributed by atoms with Crippen LogP contribution in [0.4, 0.5) is 0 Å². The molecule has 2 heterocycles. The Hall–Kier alpha value is -1.83. The zero-order chi connectivity index (χ0) is 12.6. The molecule has 90 valence electrons. The first-order chi connectivity index (χ1) is 8.11. The van der Waals surface area contributed by atoms with Crippen LogP contribution in [0.1, 0.15) is 0 Å². The first-order valence-corrected chi connectivity index (χ1v) is 5.72. The molecule has 1 saturated heterocycles. The van der Waals surface area contributed by atoms with Crippen LogP contribution in [0.5, 0.6) is 0 Å². The van der Waals surface area contributed by atoms with Crippen LogP contribution in [0.3, 0.4) is 0 Å². The maximum Gasteiger partial charge on any atom is 0.353 e. The first-order valence-electron chi connectivity index (χ1n) is 4.67. The van der Waals surface area contributed by atoms with Crippen molar-refractivity contribution < 1.29 is 24.3 Å². The molecule has 0 aliphatic carbocycles. The summed E-state index contributed by atoms with van der Waals surface area (Å²) in [5.41, 5.74) is -0.200. The predicted octanol–water partition coefficient (Wildman–Crippen LogP) is -1.45. The monoisotopic (exact) mass is 256 g/mol. The number of hydrogen-bond donors (Lipinski definition) is 2. The standard InChI is InChI=1S/C9H8N2O5S/c12-1-4-2-17-8-5(10-3-13)7(14)11(8)6(4)9(15)16/h1,3,5,8H,2H2,(H,10,13)(H,15,16)/t5?,8-/m1/s1. The number of rotatable bonds is 4. The Morgan fingerprint density at radius 2 is 2.24 bits per heavy atom. The van der Waals surface area contributed by atoms with Gasteiger partial charge >= 0.3 is 5.97 Å².